The zero-order valence-electron chi connectivity index (χ0n) is 9.14. The van der Waals surface area contributed by atoms with Gasteiger partial charge in [0.25, 0.3) is 0 Å². The lowest BCUT2D eigenvalue weighted by Crippen LogP contribution is -2.46. The van der Waals surface area contributed by atoms with Crippen LogP contribution in [0.3, 0.4) is 0 Å². The topological polar surface area (TPSA) is 20.5 Å². The molecule has 0 saturated carbocycles. The lowest BCUT2D eigenvalue weighted by Gasteiger charge is -2.39. The third-order valence-electron chi connectivity index (χ3n) is 3.16. The summed E-state index contributed by atoms with van der Waals surface area (Å²) in [5, 5.41) is 0. The predicted octanol–water partition coefficient (Wildman–Crippen LogP) is 2.10. The molecule has 0 N–H and O–H groups in total. The highest BCUT2D eigenvalue weighted by molar-refractivity contribution is 5.59. The van der Waals surface area contributed by atoms with Crippen LogP contribution < -0.4 is 4.90 Å². The van der Waals surface area contributed by atoms with Crippen LogP contribution in [0.2, 0.25) is 0 Å². The van der Waals surface area contributed by atoms with Gasteiger partial charge in [0.05, 0.1) is 17.9 Å². The molecular formula is C12H15N3. The van der Waals surface area contributed by atoms with E-state index in [9.17, 15) is 0 Å². The highest BCUT2D eigenvalue weighted by Crippen LogP contribution is 2.25. The molecule has 3 rings (SSSR count). The van der Waals surface area contributed by atoms with E-state index in [0.717, 1.165) is 19.0 Å². The largest absolute Gasteiger partial charge is 0.356 e. The average Bonchev–Trinajstić information content (AvgIpc) is 2.56. The minimum absolute atomic E-state index is 0.817. The van der Waals surface area contributed by atoms with E-state index in [1.807, 2.05) is 12.4 Å². The molecule has 1 fully saturated rings. The van der Waals surface area contributed by atoms with Crippen LogP contribution in [-0.2, 0) is 0 Å². The molecule has 1 saturated heterocycles. The van der Waals surface area contributed by atoms with Crippen molar-refractivity contribution >= 4 is 11.3 Å². The fourth-order valence-electron chi connectivity index (χ4n) is 2.26. The molecule has 0 radical (unpaired) electrons. The number of rotatable bonds is 1. The first-order valence-electron chi connectivity index (χ1n) is 5.42. The fraction of sp³-hybridized carbons (Fsp3) is 0.417. The normalized spacial score (nSPS) is 17.1. The summed E-state index contributed by atoms with van der Waals surface area (Å²) < 4.78 is 2.23. The first-order chi connectivity index (χ1) is 7.25. The summed E-state index contributed by atoms with van der Waals surface area (Å²) in [5.74, 6) is 2.04. The van der Waals surface area contributed by atoms with Crippen molar-refractivity contribution in [3.05, 3.63) is 30.2 Å². The van der Waals surface area contributed by atoms with Crippen LogP contribution >= 0.6 is 0 Å². The molecule has 0 amide bonds. The Balaban J connectivity index is 2.10. The van der Waals surface area contributed by atoms with Gasteiger partial charge < -0.3 is 9.30 Å². The van der Waals surface area contributed by atoms with Crippen LogP contribution in [-0.4, -0.2) is 22.5 Å². The maximum Gasteiger partial charge on any atom is 0.131 e. The minimum Gasteiger partial charge on any atom is -0.356 e. The zero-order chi connectivity index (χ0) is 10.4. The summed E-state index contributed by atoms with van der Waals surface area (Å²) in [6.07, 6.45) is 6.02. The second-order valence-corrected chi connectivity index (χ2v) is 4.53. The van der Waals surface area contributed by atoms with Crippen LogP contribution in [0, 0.1) is 12.8 Å². The Kier molecular flexibility index (Phi) is 1.75. The van der Waals surface area contributed by atoms with Gasteiger partial charge in [-0.1, -0.05) is 6.92 Å². The van der Waals surface area contributed by atoms with E-state index in [2.05, 4.69) is 40.4 Å². The molecule has 0 aliphatic carbocycles. The monoisotopic (exact) mass is 201 g/mol. The predicted molar refractivity (Wildman–Crippen MR) is 61.3 cm³/mol. The van der Waals surface area contributed by atoms with E-state index in [0.29, 0.717) is 0 Å². The average molecular weight is 201 g/mol. The number of fused-ring (bicyclic) bond motifs is 1. The molecule has 0 bridgehead atoms. The van der Waals surface area contributed by atoms with Gasteiger partial charge in [-0.05, 0) is 24.5 Å². The van der Waals surface area contributed by atoms with Crippen LogP contribution in [0.25, 0.3) is 5.52 Å². The van der Waals surface area contributed by atoms with Gasteiger partial charge in [0.15, 0.2) is 0 Å². The molecule has 0 spiro atoms. The number of hydrogen-bond donors (Lipinski definition) is 0. The van der Waals surface area contributed by atoms with E-state index in [1.54, 1.807) is 0 Å². The Morgan fingerprint density at radius 2 is 2.13 bits per heavy atom. The maximum atomic E-state index is 4.31. The van der Waals surface area contributed by atoms with E-state index in [1.165, 1.54) is 16.9 Å². The van der Waals surface area contributed by atoms with Crippen molar-refractivity contribution in [3.63, 3.8) is 0 Å². The Morgan fingerprint density at radius 3 is 2.87 bits per heavy atom. The van der Waals surface area contributed by atoms with Crippen molar-refractivity contribution in [1.82, 2.24) is 9.38 Å². The smallest absolute Gasteiger partial charge is 0.131 e. The van der Waals surface area contributed by atoms with Gasteiger partial charge in [-0.15, -0.1) is 0 Å². The minimum atomic E-state index is 0.817. The summed E-state index contributed by atoms with van der Waals surface area (Å²) in [6.45, 7) is 6.71. The lowest BCUT2D eigenvalue weighted by molar-refractivity contribution is 0.441. The molecular weight excluding hydrogens is 186 g/mol. The summed E-state index contributed by atoms with van der Waals surface area (Å²) in [6, 6.07) is 2.14. The second kappa shape index (κ2) is 2.99. The van der Waals surface area contributed by atoms with Gasteiger partial charge in [0, 0.05) is 19.3 Å². The fourth-order valence-corrected chi connectivity index (χ4v) is 2.26. The van der Waals surface area contributed by atoms with Crippen molar-refractivity contribution in [3.8, 4) is 0 Å². The molecule has 78 valence electrons. The van der Waals surface area contributed by atoms with Crippen LogP contribution in [0.15, 0.2) is 24.7 Å². The molecule has 0 atom stereocenters. The van der Waals surface area contributed by atoms with Crippen LogP contribution in [0.1, 0.15) is 12.5 Å². The molecule has 3 heteroatoms. The van der Waals surface area contributed by atoms with Crippen LogP contribution in [0.4, 0.5) is 5.82 Å². The molecule has 1 aliphatic rings. The molecule has 2 aromatic rings. The van der Waals surface area contributed by atoms with Crippen molar-refractivity contribution in [2.45, 2.75) is 13.8 Å². The molecule has 2 aromatic heterocycles. The third-order valence-corrected chi connectivity index (χ3v) is 3.16. The number of aryl methyl sites for hydroxylation is 1. The van der Waals surface area contributed by atoms with E-state index < -0.39 is 0 Å². The highest BCUT2D eigenvalue weighted by Gasteiger charge is 2.24. The number of hydrogen-bond acceptors (Lipinski definition) is 2. The first-order valence-corrected chi connectivity index (χ1v) is 5.42. The summed E-state index contributed by atoms with van der Waals surface area (Å²) >= 11 is 0. The van der Waals surface area contributed by atoms with Crippen molar-refractivity contribution < 1.29 is 0 Å². The maximum absolute atomic E-state index is 4.31. The van der Waals surface area contributed by atoms with Crippen molar-refractivity contribution in [2.24, 2.45) is 5.92 Å². The standard InChI is InChI=1S/C12H15N3/c1-9-7-14(8-9)12-6-13-5-11-10(2)3-4-15(11)12/h3-6,9H,7-8H2,1-2H3. The molecule has 15 heavy (non-hydrogen) atoms. The molecule has 0 aromatic carbocycles. The van der Waals surface area contributed by atoms with Gasteiger partial charge in [-0.2, -0.15) is 0 Å². The molecule has 0 unspecified atom stereocenters. The SMILES string of the molecule is Cc1ccn2c(N3CC(C)C3)cncc12. The number of anilines is 1. The number of nitrogens with zero attached hydrogens (tertiary/aromatic N) is 3. The van der Waals surface area contributed by atoms with E-state index in [-0.39, 0.29) is 0 Å². The Labute approximate surface area is 89.3 Å². The lowest BCUT2D eigenvalue weighted by atomic mass is 10.0. The summed E-state index contributed by atoms with van der Waals surface area (Å²) in [7, 11) is 0. The zero-order valence-corrected chi connectivity index (χ0v) is 9.14. The highest BCUT2D eigenvalue weighted by atomic mass is 15.3. The third kappa shape index (κ3) is 1.23. The van der Waals surface area contributed by atoms with Crippen molar-refractivity contribution in [1.29, 1.82) is 0 Å². The van der Waals surface area contributed by atoms with Crippen LogP contribution in [0.5, 0.6) is 0 Å². The number of aromatic nitrogens is 2. The van der Waals surface area contributed by atoms with Crippen molar-refractivity contribution in [2.75, 3.05) is 18.0 Å². The first kappa shape index (κ1) is 8.77. The quantitative estimate of drug-likeness (QED) is 0.704. The van der Waals surface area contributed by atoms with Gasteiger partial charge in [0.2, 0.25) is 0 Å². The van der Waals surface area contributed by atoms with Gasteiger partial charge in [-0.3, -0.25) is 4.98 Å². The molecule has 3 heterocycles. The Bertz CT molecular complexity index is 495. The summed E-state index contributed by atoms with van der Waals surface area (Å²) in [4.78, 5) is 6.69. The van der Waals surface area contributed by atoms with E-state index >= 15 is 0 Å². The van der Waals surface area contributed by atoms with Gasteiger partial charge >= 0.3 is 0 Å². The van der Waals surface area contributed by atoms with E-state index in [4.69, 9.17) is 0 Å². The van der Waals surface area contributed by atoms with Gasteiger partial charge in [-0.25, -0.2) is 0 Å². The second-order valence-electron chi connectivity index (χ2n) is 4.53. The molecule has 1 aliphatic heterocycles. The van der Waals surface area contributed by atoms with Gasteiger partial charge in [0.1, 0.15) is 5.82 Å². The summed E-state index contributed by atoms with van der Waals surface area (Å²) in [5.41, 5.74) is 2.50. The Morgan fingerprint density at radius 1 is 1.33 bits per heavy atom. The Hall–Kier alpha value is -1.51. The molecule has 3 nitrogen and oxygen atoms in total.